The van der Waals surface area contributed by atoms with Crippen LogP contribution in [-0.2, 0) is 38.2 Å². The molecule has 0 aliphatic carbocycles. The van der Waals surface area contributed by atoms with E-state index in [0.717, 1.165) is 193 Å². The maximum absolute atomic E-state index is 12.7. The number of carbonyl (C=O) groups excluding carboxylic acids is 6. The summed E-state index contributed by atoms with van der Waals surface area (Å²) in [4.78, 5) is 97.7. The summed E-state index contributed by atoms with van der Waals surface area (Å²) < 4.78 is 12.4. The van der Waals surface area contributed by atoms with Crippen LogP contribution in [0, 0.1) is 55.4 Å². The van der Waals surface area contributed by atoms with Gasteiger partial charge >= 0.3 is 24.1 Å². The van der Waals surface area contributed by atoms with Gasteiger partial charge in [-0.05, 0) is 234 Å². The first-order valence-electron chi connectivity index (χ1n) is 37.2. The molecule has 26 heteroatoms. The molecule has 10 N–H and O–H groups in total. The number of benzene rings is 4. The van der Waals surface area contributed by atoms with Crippen molar-refractivity contribution >= 4 is 82.9 Å². The molecule has 106 heavy (non-hydrogen) atoms. The van der Waals surface area contributed by atoms with Crippen LogP contribution in [0.1, 0.15) is 191 Å². The molecule has 6 unspecified atom stereocenters. The number of aryl methyl sites for hydroxylation is 8. The summed E-state index contributed by atoms with van der Waals surface area (Å²) in [6.45, 7) is 45.0. The summed E-state index contributed by atoms with van der Waals surface area (Å²) in [5.74, 6) is -1.34. The molecule has 596 valence electrons. The Morgan fingerprint density at radius 2 is 0.726 bits per heavy atom. The van der Waals surface area contributed by atoms with E-state index >= 15 is 0 Å². The van der Waals surface area contributed by atoms with Gasteiger partial charge in [0.2, 0.25) is 11.8 Å². The molecule has 0 bridgehead atoms. The van der Waals surface area contributed by atoms with Crippen molar-refractivity contribution in [1.82, 2.24) is 20.4 Å². The summed E-state index contributed by atoms with van der Waals surface area (Å²) in [6.07, 6.45) is 9.90. The minimum atomic E-state index is -0.960. The standard InChI is InChI=1S/C18H26N2O3.2C17H26N2O.C13H18N2O.C10H17NO4.C5H9NO2.2ClH.HI.H2O/c1-12-8-6-9-13(2)15(12)19-16(21)14-10-7-11-20(14)17(22)23-18(3,4)5;2*1-5-19(6-2)12-8-11-15(19)17(20)18-16-13(3)9-7-10-14(16)4;1-9-5-3-6-10(2)12(9)15-13(16)11-7-4-8-14-11;1-10(2,3)15-9(14)11-6-4-5-7(11)8(12)13;7-5(8)4-2-1-3-6-4;;;;/h6,8-9,14H,7,10-11H2,1-5H3,(H,19,21);2*7,9-10,15H,5-6,8,11-12H2,1-4H3;3,5-6,11,14H,4,7-8H2,1-2H3,(H,15,16);7H,4-6H2,1-3H3,(H,12,13);4,6H,1-3H2,(H,7,8);3*1H;1H2. The van der Waals surface area contributed by atoms with Gasteiger partial charge in [0.25, 0.3) is 11.8 Å². The second kappa shape index (κ2) is 45.4. The molecule has 23 nitrogen and oxygen atoms in total. The van der Waals surface area contributed by atoms with Gasteiger partial charge in [0.15, 0.2) is 12.1 Å². The minimum Gasteiger partial charge on any atom is -1.00 e. The Morgan fingerprint density at radius 1 is 0.434 bits per heavy atom. The third-order valence-corrected chi connectivity index (χ3v) is 20.6. The number of carboxylic acids is 2. The minimum absolute atomic E-state index is 0. The highest BCUT2D eigenvalue weighted by Gasteiger charge is 2.46. The van der Waals surface area contributed by atoms with E-state index in [-0.39, 0.29) is 102 Å². The van der Waals surface area contributed by atoms with E-state index in [1.54, 1.807) is 20.8 Å². The molecule has 0 radical (unpaired) electrons. The number of likely N-dealkylation sites (tertiary alicyclic amines) is 4. The van der Waals surface area contributed by atoms with Crippen LogP contribution >= 0.6 is 12.4 Å². The van der Waals surface area contributed by atoms with E-state index in [1.165, 1.54) is 9.80 Å². The highest BCUT2D eigenvalue weighted by atomic mass is 127. The fourth-order valence-electron chi connectivity index (χ4n) is 14.6. The van der Waals surface area contributed by atoms with Gasteiger partial charge < -0.3 is 102 Å². The molecule has 4 aromatic rings. The summed E-state index contributed by atoms with van der Waals surface area (Å²) in [5.41, 5.74) is 11.5. The first-order valence-corrected chi connectivity index (χ1v) is 37.2. The Morgan fingerprint density at radius 3 is 1.00 bits per heavy atom. The van der Waals surface area contributed by atoms with E-state index in [1.807, 2.05) is 97.0 Å². The molecule has 10 rings (SSSR count). The van der Waals surface area contributed by atoms with E-state index in [2.05, 4.69) is 112 Å². The quantitative estimate of drug-likeness (QED) is 0.0463. The number of hydrogen-bond acceptors (Lipinski definition) is 12. The lowest BCUT2D eigenvalue weighted by atomic mass is 10.1. The fourth-order valence-corrected chi connectivity index (χ4v) is 14.6. The Labute approximate surface area is 661 Å². The number of carboxylic acid groups (broad SMARTS) is 2. The van der Waals surface area contributed by atoms with Gasteiger partial charge in [-0.15, -0.1) is 12.4 Å². The van der Waals surface area contributed by atoms with Crippen molar-refractivity contribution in [3.8, 4) is 0 Å². The third kappa shape index (κ3) is 28.1. The Bertz CT molecular complexity index is 3320. The first kappa shape index (κ1) is 97.4. The van der Waals surface area contributed by atoms with E-state index in [0.29, 0.717) is 25.9 Å². The van der Waals surface area contributed by atoms with Gasteiger partial charge in [-0.2, -0.15) is 0 Å². The van der Waals surface area contributed by atoms with E-state index in [4.69, 9.17) is 19.7 Å². The second-order valence-electron chi connectivity index (χ2n) is 30.1. The molecule has 0 spiro atoms. The second-order valence-corrected chi connectivity index (χ2v) is 30.1. The largest absolute Gasteiger partial charge is 1.00 e. The van der Waals surface area contributed by atoms with Gasteiger partial charge in [-0.25, -0.2) is 14.4 Å². The molecule has 6 fully saturated rings. The highest BCUT2D eigenvalue weighted by molar-refractivity contribution is 5.99. The molecule has 0 saturated carbocycles. The van der Waals surface area contributed by atoms with Crippen LogP contribution in [0.25, 0.3) is 0 Å². The summed E-state index contributed by atoms with van der Waals surface area (Å²) in [6, 6.07) is 23.0. The first-order chi connectivity index (χ1) is 48.1. The Kier molecular flexibility index (Phi) is 41.7. The average molecular weight is 1630 g/mol. The zero-order valence-corrected chi connectivity index (χ0v) is 70.1. The molecular weight excluding hydrogens is 1510 g/mol. The summed E-state index contributed by atoms with van der Waals surface area (Å²) in [7, 11) is 0. The number of carbonyl (C=O) groups is 8. The predicted molar refractivity (Wildman–Crippen MR) is 417 cm³/mol. The number of hydrogen-bond donors (Lipinski definition) is 8. The lowest BCUT2D eigenvalue weighted by molar-refractivity contribution is -0.927. The normalized spacial score (nSPS) is 19.9. The van der Waals surface area contributed by atoms with Crippen LogP contribution in [0.4, 0.5) is 32.3 Å². The number of halogens is 3. The summed E-state index contributed by atoms with van der Waals surface area (Å²) >= 11 is 0. The zero-order valence-electron chi connectivity index (χ0n) is 66.4. The lowest BCUT2D eigenvalue weighted by Crippen LogP contribution is -3.00. The van der Waals surface area contributed by atoms with Crippen molar-refractivity contribution in [2.24, 2.45) is 0 Å². The number of likely N-dealkylation sites (N-methyl/N-ethyl adjacent to an activating group) is 2. The van der Waals surface area contributed by atoms with Crippen LogP contribution in [0.2, 0.25) is 0 Å². The van der Waals surface area contributed by atoms with Gasteiger partial charge in [0, 0.05) is 61.5 Å². The predicted octanol–water partition coefficient (Wildman–Crippen LogP) is 7.06. The number of nitrogens with one attached hydrogen (secondary N) is 6. The zero-order chi connectivity index (χ0) is 75.9. The third-order valence-electron chi connectivity index (χ3n) is 20.6. The van der Waals surface area contributed by atoms with Crippen LogP contribution in [-0.4, -0.2) is 195 Å². The molecule has 4 aromatic carbocycles. The van der Waals surface area contributed by atoms with Gasteiger partial charge in [0.1, 0.15) is 29.3 Å². The van der Waals surface area contributed by atoms with Gasteiger partial charge in [-0.3, -0.25) is 33.8 Å². The number of anilines is 4. The highest BCUT2D eigenvalue weighted by Crippen LogP contribution is 2.32. The van der Waals surface area contributed by atoms with Crippen LogP contribution in [0.15, 0.2) is 72.8 Å². The van der Waals surface area contributed by atoms with Crippen molar-refractivity contribution in [3.05, 3.63) is 117 Å². The lowest BCUT2D eigenvalue weighted by Gasteiger charge is -2.37. The number of quaternary nitrogens is 2. The number of rotatable bonds is 14. The molecule has 6 heterocycles. The Hall–Kier alpha value is -6.65. The van der Waals surface area contributed by atoms with Gasteiger partial charge in [0.05, 0.1) is 45.3 Å². The number of amides is 6. The number of ether oxygens (including phenoxy) is 2. The average Bonchev–Trinajstić information content (AvgIpc) is 1.67. The van der Waals surface area contributed by atoms with Crippen LogP contribution in [0.5, 0.6) is 0 Å². The van der Waals surface area contributed by atoms with E-state index in [9.17, 15) is 38.4 Å². The number of aliphatic carboxylic acids is 2. The topological polar surface area (TPSA) is 306 Å². The van der Waals surface area contributed by atoms with Crippen molar-refractivity contribution in [2.75, 3.05) is 86.7 Å². The molecule has 6 aliphatic heterocycles. The molecule has 6 amide bonds. The molecule has 6 saturated heterocycles. The van der Waals surface area contributed by atoms with Crippen molar-refractivity contribution < 1.29 is 109 Å². The number of nitrogens with zero attached hydrogens (tertiary/aromatic N) is 4. The molecular formula is C80H127Cl2IN10O13. The van der Waals surface area contributed by atoms with Crippen molar-refractivity contribution in [1.29, 1.82) is 0 Å². The Balaban J connectivity index is 0.000000643. The SMILES string of the molecule is CC(C)(C)OC(=O)N1CCCC1C(=O)O.CC[N+]1(CC)CCCC1C(=O)Nc1c(C)cccc1C.CC[N+]1(CC)CCCC1C(=O)Nc1c(C)cccc1C.Cc1cccc(C)c1NC(=O)C1CCCN1.Cc1cccc(C)c1NC(=O)C1CCCN1C(=O)OC(C)(C)C.Cl.O.O=C(O)C1CCCN1.[Cl-].[I-]. The van der Waals surface area contributed by atoms with Crippen LogP contribution < -0.4 is 68.3 Å². The fraction of sp³-hybridized carbons (Fsp3) is 0.600. The molecule has 6 aliphatic rings. The van der Waals surface area contributed by atoms with E-state index < -0.39 is 47.4 Å². The number of para-hydroxylation sites is 4. The monoisotopic (exact) mass is 1630 g/mol. The molecule has 6 atom stereocenters. The maximum Gasteiger partial charge on any atom is 0.411 e. The van der Waals surface area contributed by atoms with Crippen molar-refractivity contribution in [3.63, 3.8) is 0 Å². The van der Waals surface area contributed by atoms with Crippen molar-refractivity contribution in [2.45, 2.75) is 249 Å². The van der Waals surface area contributed by atoms with Gasteiger partial charge in [-0.1, -0.05) is 72.8 Å². The maximum atomic E-state index is 12.7. The molecule has 0 aromatic heterocycles. The smallest absolute Gasteiger partial charge is 0.411 e. The summed E-state index contributed by atoms with van der Waals surface area (Å²) in [5, 5.41) is 35.7. The van der Waals surface area contributed by atoms with Crippen LogP contribution in [0.3, 0.4) is 0 Å².